The van der Waals surface area contributed by atoms with Gasteiger partial charge in [0.05, 0.1) is 5.52 Å². The molecule has 10 aromatic rings. The summed E-state index contributed by atoms with van der Waals surface area (Å²) in [4.78, 5) is 0. The highest BCUT2D eigenvalue weighted by Crippen LogP contribution is 2.57. The number of anilines is 2. The fraction of sp³-hybridized carbons (Fsp3) is 0.212. The van der Waals surface area contributed by atoms with Crippen LogP contribution in [0.25, 0.3) is 60.5 Å². The van der Waals surface area contributed by atoms with Gasteiger partial charge in [-0.25, -0.2) is 0 Å². The number of benzene rings is 9. The summed E-state index contributed by atoms with van der Waals surface area (Å²) in [6, 6.07) is 65.3. The first kappa shape index (κ1) is 42.0. The third kappa shape index (κ3) is 6.32. The Labute approximate surface area is 408 Å². The molecule has 0 saturated carbocycles. The number of fused-ring (bicyclic) bond motifs is 11. The average molecular weight is 891 g/mol. The Balaban J connectivity index is 1.20. The Kier molecular flexibility index (Phi) is 9.11. The van der Waals surface area contributed by atoms with E-state index in [4.69, 9.17) is 0 Å². The third-order valence-electron chi connectivity index (χ3n) is 16.9. The van der Waals surface area contributed by atoms with Crippen LogP contribution in [-0.4, -0.2) is 11.8 Å². The number of aromatic nitrogens is 1. The highest BCUT2D eigenvalue weighted by molar-refractivity contribution is 6.73. The zero-order valence-corrected chi connectivity index (χ0v) is 41.3. The van der Waals surface area contributed by atoms with Crippen LogP contribution in [0, 0.1) is 13.8 Å². The molecule has 0 fully saturated rings. The van der Waals surface area contributed by atoms with Crippen molar-refractivity contribution in [3.63, 3.8) is 0 Å². The summed E-state index contributed by atoms with van der Waals surface area (Å²) < 4.78 is 2.66. The maximum absolute atomic E-state index is 4.09. The van der Waals surface area contributed by atoms with Crippen LogP contribution in [0.5, 0.6) is 0 Å². The van der Waals surface area contributed by atoms with Crippen molar-refractivity contribution in [2.24, 2.45) is 0 Å². The van der Waals surface area contributed by atoms with E-state index in [2.05, 4.69) is 235 Å². The fourth-order valence-electron chi connectivity index (χ4n) is 13.0. The summed E-state index contributed by atoms with van der Waals surface area (Å²) in [5, 5.41) is 9.27. The number of nitrogens with zero attached hydrogens (tertiary/aromatic N) is 1. The lowest BCUT2D eigenvalue weighted by molar-refractivity contribution is 0.331. The first-order chi connectivity index (χ1) is 33.3. The van der Waals surface area contributed by atoms with Crippen LogP contribution in [0.4, 0.5) is 11.4 Å². The maximum atomic E-state index is 4.09. The van der Waals surface area contributed by atoms with Gasteiger partial charge in [0.25, 0.3) is 0 Å². The van der Waals surface area contributed by atoms with E-state index in [1.165, 1.54) is 134 Å². The average Bonchev–Trinajstić information content (AvgIpc) is 3.81. The first-order valence-corrected chi connectivity index (χ1v) is 25.2. The molecular weight excluding hydrogens is 832 g/mol. The molecule has 9 aromatic carbocycles. The van der Waals surface area contributed by atoms with Gasteiger partial charge in [0.2, 0.25) is 0 Å². The van der Waals surface area contributed by atoms with Gasteiger partial charge in [-0.2, -0.15) is 0 Å². The Morgan fingerprint density at radius 2 is 1.13 bits per heavy atom. The van der Waals surface area contributed by atoms with E-state index in [9.17, 15) is 0 Å². The second-order valence-electron chi connectivity index (χ2n) is 22.6. The molecule has 0 unspecified atom stereocenters. The van der Waals surface area contributed by atoms with Gasteiger partial charge in [0, 0.05) is 55.6 Å². The molecule has 2 aliphatic carbocycles. The van der Waals surface area contributed by atoms with Crippen molar-refractivity contribution < 1.29 is 0 Å². The van der Waals surface area contributed by atoms with Gasteiger partial charge in [-0.15, -0.1) is 0 Å². The van der Waals surface area contributed by atoms with Gasteiger partial charge in [-0.1, -0.05) is 186 Å². The number of rotatable bonds is 6. The van der Waals surface area contributed by atoms with E-state index in [0.717, 1.165) is 18.7 Å². The van der Waals surface area contributed by atoms with E-state index in [-0.39, 0.29) is 22.2 Å². The van der Waals surface area contributed by atoms with Crippen molar-refractivity contribution in [2.45, 2.75) is 90.4 Å². The molecule has 0 atom stereocenters. The molecular formula is C66H59BN2. The lowest BCUT2D eigenvalue weighted by atomic mass is 9.58. The zero-order valence-electron chi connectivity index (χ0n) is 41.3. The van der Waals surface area contributed by atoms with Crippen LogP contribution in [0.15, 0.2) is 170 Å². The van der Waals surface area contributed by atoms with Gasteiger partial charge >= 0.3 is 0 Å². The molecule has 69 heavy (non-hydrogen) atoms. The minimum Gasteiger partial charge on any atom is -0.355 e. The molecule has 0 amide bonds. The van der Waals surface area contributed by atoms with Crippen molar-refractivity contribution in [1.82, 2.24) is 4.57 Å². The molecule has 0 saturated heterocycles. The first-order valence-electron chi connectivity index (χ1n) is 25.2. The summed E-state index contributed by atoms with van der Waals surface area (Å²) in [6.45, 7) is 19.2. The number of hydrogen-bond acceptors (Lipinski definition) is 1. The van der Waals surface area contributed by atoms with E-state index in [1.807, 2.05) is 0 Å². The number of nitrogens with one attached hydrogen (secondary N) is 1. The summed E-state index contributed by atoms with van der Waals surface area (Å²) >= 11 is 0. The minimum absolute atomic E-state index is 0.0233. The monoisotopic (exact) mass is 890 g/mol. The zero-order chi connectivity index (χ0) is 47.1. The standard InChI is InChI=1S/C66H59BN2/c1-39-23-27-44(28-24-39)68-57-38-53-47(48-36-54-55(37-52(48)66(53,7)8)65(5,6)32-31-64(54,3)4)34-49(57)50-35-51(59(42-18-11-9-12-19-42)43-20-13-10-14-21-43)60-46-29-26-41-17-15-16-22-45(41)62(46)69-58-30-25-40(2)33-56(58)67-61(50)63(60)69/h9-30,33-38,59,67-68H,31-32H2,1-8H3. The lowest BCUT2D eigenvalue weighted by Gasteiger charge is -2.42. The third-order valence-corrected chi connectivity index (χ3v) is 16.9. The fourth-order valence-corrected chi connectivity index (χ4v) is 13.0. The summed E-state index contributed by atoms with van der Waals surface area (Å²) in [5.74, 6) is -0.0233. The van der Waals surface area contributed by atoms with Crippen LogP contribution in [0.3, 0.4) is 0 Å². The Morgan fingerprint density at radius 3 is 1.84 bits per heavy atom. The molecule has 3 aliphatic rings. The summed E-state index contributed by atoms with van der Waals surface area (Å²) in [5.41, 5.74) is 26.5. The van der Waals surface area contributed by atoms with E-state index in [0.29, 0.717) is 0 Å². The number of hydrogen-bond donors (Lipinski definition) is 1. The van der Waals surface area contributed by atoms with Gasteiger partial charge in [0.15, 0.2) is 7.28 Å². The second kappa shape index (κ2) is 15.0. The molecule has 13 rings (SSSR count). The molecule has 2 nitrogen and oxygen atoms in total. The maximum Gasteiger partial charge on any atom is 0.198 e. The minimum atomic E-state index is -0.196. The molecule has 3 heteroatoms. The molecule has 1 aromatic heterocycles. The SMILES string of the molecule is Cc1ccc(Nc2cc3c(cc2-c2cc(C(c4ccccc4)c4ccccc4)c4c5ccc6ccccc6c5n5c4c2Bc2cc(C)ccc2-5)-c2cc4c(cc2C3(C)C)C(C)(C)CCC4(C)C)cc1. The van der Waals surface area contributed by atoms with Gasteiger partial charge in [-0.05, 0) is 146 Å². The largest absolute Gasteiger partial charge is 0.355 e. The van der Waals surface area contributed by atoms with E-state index >= 15 is 0 Å². The topological polar surface area (TPSA) is 17.0 Å². The van der Waals surface area contributed by atoms with Crippen LogP contribution < -0.4 is 16.2 Å². The normalized spacial score (nSPS) is 15.7. The Morgan fingerprint density at radius 1 is 0.507 bits per heavy atom. The van der Waals surface area contributed by atoms with Crippen LogP contribution >= 0.6 is 0 Å². The predicted octanol–water partition coefficient (Wildman–Crippen LogP) is 15.5. The van der Waals surface area contributed by atoms with E-state index in [1.54, 1.807) is 0 Å². The number of aryl methyl sites for hydroxylation is 2. The van der Waals surface area contributed by atoms with Gasteiger partial charge < -0.3 is 9.88 Å². The van der Waals surface area contributed by atoms with Crippen molar-refractivity contribution in [2.75, 3.05) is 5.32 Å². The molecule has 1 aliphatic heterocycles. The smallest absolute Gasteiger partial charge is 0.198 e. The van der Waals surface area contributed by atoms with Crippen LogP contribution in [0.1, 0.15) is 110 Å². The summed E-state index contributed by atoms with van der Waals surface area (Å²) in [6.07, 6.45) is 2.39. The van der Waals surface area contributed by atoms with Crippen LogP contribution in [0.2, 0.25) is 0 Å². The highest BCUT2D eigenvalue weighted by Gasteiger charge is 2.43. The molecule has 0 radical (unpaired) electrons. The van der Waals surface area contributed by atoms with Crippen LogP contribution in [-0.2, 0) is 16.2 Å². The quantitative estimate of drug-likeness (QED) is 0.130. The molecule has 1 N–H and O–H groups in total. The van der Waals surface area contributed by atoms with Crippen molar-refractivity contribution in [3.8, 4) is 27.9 Å². The molecule has 336 valence electrons. The van der Waals surface area contributed by atoms with Crippen molar-refractivity contribution in [3.05, 3.63) is 220 Å². The van der Waals surface area contributed by atoms with Gasteiger partial charge in [0.1, 0.15) is 0 Å². The van der Waals surface area contributed by atoms with Gasteiger partial charge in [-0.3, -0.25) is 0 Å². The van der Waals surface area contributed by atoms with Crippen molar-refractivity contribution >= 4 is 62.2 Å². The predicted molar refractivity (Wildman–Crippen MR) is 296 cm³/mol. The molecule has 0 bridgehead atoms. The second-order valence-corrected chi connectivity index (χ2v) is 22.6. The Bertz CT molecular complexity index is 3720. The molecule has 0 spiro atoms. The summed E-state index contributed by atoms with van der Waals surface area (Å²) in [7, 11) is 0.832. The Hall–Kier alpha value is -7.10. The van der Waals surface area contributed by atoms with E-state index < -0.39 is 0 Å². The lowest BCUT2D eigenvalue weighted by Crippen LogP contribution is -2.37. The highest BCUT2D eigenvalue weighted by atomic mass is 15.0. The molecule has 2 heterocycles. The van der Waals surface area contributed by atoms with Crippen molar-refractivity contribution in [1.29, 1.82) is 0 Å².